The molecular formula is C9H19NO2. The summed E-state index contributed by atoms with van der Waals surface area (Å²) in [5, 5.41) is 8.71. The third-order valence-electron chi connectivity index (χ3n) is 2.10. The van der Waals surface area contributed by atoms with Crippen LogP contribution in [0.5, 0.6) is 0 Å². The number of hydrogen-bond acceptors (Lipinski definition) is 2. The van der Waals surface area contributed by atoms with E-state index in [2.05, 4.69) is 13.8 Å². The molecule has 0 aliphatic rings. The minimum absolute atomic E-state index is 0.253. The van der Waals surface area contributed by atoms with Gasteiger partial charge >= 0.3 is 5.97 Å². The van der Waals surface area contributed by atoms with Crippen LogP contribution in [0.2, 0.25) is 0 Å². The van der Waals surface area contributed by atoms with Gasteiger partial charge in [0.05, 0.1) is 5.92 Å². The first-order valence-corrected chi connectivity index (χ1v) is 4.54. The van der Waals surface area contributed by atoms with Crippen LogP contribution in [0.3, 0.4) is 0 Å². The Morgan fingerprint density at radius 3 is 2.50 bits per heavy atom. The van der Waals surface area contributed by atoms with Crippen molar-refractivity contribution in [2.24, 2.45) is 17.6 Å². The van der Waals surface area contributed by atoms with E-state index in [1.54, 1.807) is 0 Å². The molecule has 0 amide bonds. The Kier molecular flexibility index (Phi) is 5.72. The molecule has 0 aromatic rings. The van der Waals surface area contributed by atoms with Gasteiger partial charge in [0, 0.05) is 6.54 Å². The van der Waals surface area contributed by atoms with Crippen molar-refractivity contribution in [3.8, 4) is 0 Å². The molecule has 0 heterocycles. The molecule has 0 aliphatic heterocycles. The molecule has 0 saturated carbocycles. The first kappa shape index (κ1) is 11.4. The highest BCUT2D eigenvalue weighted by Crippen LogP contribution is 2.16. The molecule has 72 valence electrons. The second-order valence-electron chi connectivity index (χ2n) is 3.40. The van der Waals surface area contributed by atoms with Crippen molar-refractivity contribution in [3.05, 3.63) is 0 Å². The zero-order valence-corrected chi connectivity index (χ0v) is 7.92. The highest BCUT2D eigenvalue weighted by molar-refractivity contribution is 5.70. The van der Waals surface area contributed by atoms with Crippen molar-refractivity contribution in [2.75, 3.05) is 6.54 Å². The fraction of sp³-hybridized carbons (Fsp3) is 0.889. The maximum atomic E-state index is 10.6. The molecule has 0 fully saturated rings. The number of aliphatic carboxylic acids is 1. The summed E-state index contributed by atoms with van der Waals surface area (Å²) >= 11 is 0. The molecule has 0 rings (SSSR count). The Balaban J connectivity index is 3.77. The van der Waals surface area contributed by atoms with E-state index in [4.69, 9.17) is 10.8 Å². The largest absolute Gasteiger partial charge is 0.481 e. The van der Waals surface area contributed by atoms with Gasteiger partial charge in [0.25, 0.3) is 0 Å². The van der Waals surface area contributed by atoms with E-state index in [0.717, 1.165) is 12.8 Å². The second-order valence-corrected chi connectivity index (χ2v) is 3.40. The predicted octanol–water partition coefficient (Wildman–Crippen LogP) is 1.47. The van der Waals surface area contributed by atoms with Crippen molar-refractivity contribution < 1.29 is 9.90 Å². The smallest absolute Gasteiger partial charge is 0.307 e. The number of carbonyl (C=O) groups is 1. The highest BCUT2D eigenvalue weighted by atomic mass is 16.4. The van der Waals surface area contributed by atoms with E-state index >= 15 is 0 Å². The topological polar surface area (TPSA) is 63.3 Å². The van der Waals surface area contributed by atoms with Crippen molar-refractivity contribution >= 4 is 5.97 Å². The lowest BCUT2D eigenvalue weighted by molar-refractivity contribution is -0.141. The molecule has 0 radical (unpaired) electrons. The first-order chi connectivity index (χ1) is 5.61. The third-order valence-corrected chi connectivity index (χ3v) is 2.10. The van der Waals surface area contributed by atoms with Crippen LogP contribution in [-0.2, 0) is 4.79 Å². The minimum atomic E-state index is -0.763. The monoisotopic (exact) mass is 173 g/mol. The maximum absolute atomic E-state index is 10.6. The van der Waals surface area contributed by atoms with Gasteiger partial charge < -0.3 is 10.8 Å². The zero-order valence-electron chi connectivity index (χ0n) is 7.92. The van der Waals surface area contributed by atoms with Crippen molar-refractivity contribution in [1.29, 1.82) is 0 Å². The predicted molar refractivity (Wildman–Crippen MR) is 48.9 cm³/mol. The van der Waals surface area contributed by atoms with Crippen LogP contribution < -0.4 is 5.73 Å². The molecule has 3 N–H and O–H groups in total. The molecule has 0 saturated heterocycles. The van der Waals surface area contributed by atoms with Crippen LogP contribution in [0.15, 0.2) is 0 Å². The average molecular weight is 173 g/mol. The molecule has 0 aromatic carbocycles. The maximum Gasteiger partial charge on any atom is 0.307 e. The molecule has 3 heteroatoms. The first-order valence-electron chi connectivity index (χ1n) is 4.54. The molecule has 0 aliphatic carbocycles. The van der Waals surface area contributed by atoms with E-state index in [0.29, 0.717) is 12.3 Å². The zero-order chi connectivity index (χ0) is 9.56. The van der Waals surface area contributed by atoms with Gasteiger partial charge in [-0.15, -0.1) is 0 Å². The van der Waals surface area contributed by atoms with Crippen LogP contribution in [0, 0.1) is 11.8 Å². The number of carboxylic acids is 1. The molecule has 0 spiro atoms. The second kappa shape index (κ2) is 6.00. The van der Waals surface area contributed by atoms with Crippen LogP contribution in [0.4, 0.5) is 0 Å². The molecular weight excluding hydrogens is 154 g/mol. The average Bonchev–Trinajstić information content (AvgIpc) is 2.00. The Bertz CT molecular complexity index is 136. The normalized spacial score (nSPS) is 15.6. The van der Waals surface area contributed by atoms with Crippen LogP contribution in [0.1, 0.15) is 33.1 Å². The minimum Gasteiger partial charge on any atom is -0.481 e. The van der Waals surface area contributed by atoms with Gasteiger partial charge in [-0.25, -0.2) is 0 Å². The highest BCUT2D eigenvalue weighted by Gasteiger charge is 2.17. The third kappa shape index (κ3) is 4.34. The van der Waals surface area contributed by atoms with Crippen molar-refractivity contribution in [1.82, 2.24) is 0 Å². The quantitative estimate of drug-likeness (QED) is 0.639. The summed E-state index contributed by atoms with van der Waals surface area (Å²) in [5.41, 5.74) is 5.34. The lowest BCUT2D eigenvalue weighted by Gasteiger charge is -2.14. The summed E-state index contributed by atoms with van der Waals surface area (Å²) in [7, 11) is 0. The summed E-state index contributed by atoms with van der Waals surface area (Å²) in [6.07, 6.45) is 2.90. The van der Waals surface area contributed by atoms with E-state index in [9.17, 15) is 4.79 Å². The summed E-state index contributed by atoms with van der Waals surface area (Å²) < 4.78 is 0. The van der Waals surface area contributed by atoms with Crippen LogP contribution >= 0.6 is 0 Å². The van der Waals surface area contributed by atoms with Gasteiger partial charge in [-0.1, -0.05) is 26.7 Å². The van der Waals surface area contributed by atoms with E-state index in [1.165, 1.54) is 0 Å². The standard InChI is InChI=1S/C9H19NO2/c1-3-4-7(2)5-8(6-10)9(11)12/h7-8H,3-6,10H2,1-2H3,(H,11,12)/t7-,8-/m1/s1. The van der Waals surface area contributed by atoms with Gasteiger partial charge in [0.15, 0.2) is 0 Å². The van der Waals surface area contributed by atoms with Gasteiger partial charge in [-0.2, -0.15) is 0 Å². The van der Waals surface area contributed by atoms with E-state index in [-0.39, 0.29) is 12.5 Å². The summed E-state index contributed by atoms with van der Waals surface area (Å²) in [4.78, 5) is 10.6. The molecule has 0 unspecified atom stereocenters. The molecule has 12 heavy (non-hydrogen) atoms. The van der Waals surface area contributed by atoms with E-state index < -0.39 is 5.97 Å². The number of rotatable bonds is 6. The van der Waals surface area contributed by atoms with Crippen molar-refractivity contribution in [2.45, 2.75) is 33.1 Å². The SMILES string of the molecule is CCC[C@@H](C)C[C@H](CN)C(=O)O. The number of carboxylic acid groups (broad SMARTS) is 1. The summed E-state index contributed by atoms with van der Waals surface area (Å²) in [6.45, 7) is 4.44. The lowest BCUT2D eigenvalue weighted by atomic mass is 9.93. The summed E-state index contributed by atoms with van der Waals surface area (Å²) in [6, 6.07) is 0. The molecule has 2 atom stereocenters. The van der Waals surface area contributed by atoms with Gasteiger partial charge in [-0.05, 0) is 12.3 Å². The Morgan fingerprint density at radius 2 is 2.17 bits per heavy atom. The van der Waals surface area contributed by atoms with Gasteiger partial charge in [-0.3, -0.25) is 4.79 Å². The van der Waals surface area contributed by atoms with Gasteiger partial charge in [0.1, 0.15) is 0 Å². The summed E-state index contributed by atoms with van der Waals surface area (Å²) in [5.74, 6) is -0.647. The Morgan fingerprint density at radius 1 is 1.58 bits per heavy atom. The van der Waals surface area contributed by atoms with E-state index in [1.807, 2.05) is 0 Å². The van der Waals surface area contributed by atoms with Crippen LogP contribution in [0.25, 0.3) is 0 Å². The van der Waals surface area contributed by atoms with Crippen LogP contribution in [-0.4, -0.2) is 17.6 Å². The molecule has 0 bridgehead atoms. The Hall–Kier alpha value is -0.570. The Labute approximate surface area is 74.0 Å². The number of nitrogens with two attached hydrogens (primary N) is 1. The fourth-order valence-electron chi connectivity index (χ4n) is 1.39. The molecule has 0 aromatic heterocycles. The lowest BCUT2D eigenvalue weighted by Crippen LogP contribution is -2.25. The van der Waals surface area contributed by atoms with Crippen molar-refractivity contribution in [3.63, 3.8) is 0 Å². The molecule has 3 nitrogen and oxygen atoms in total. The number of hydrogen-bond donors (Lipinski definition) is 2. The van der Waals surface area contributed by atoms with Gasteiger partial charge in [0.2, 0.25) is 0 Å². The fourth-order valence-corrected chi connectivity index (χ4v) is 1.39.